The van der Waals surface area contributed by atoms with Crippen LogP contribution in [0.5, 0.6) is 0 Å². The molecule has 2 rings (SSSR count). The maximum Gasteiger partial charge on any atom is 0.172 e. The van der Waals surface area contributed by atoms with E-state index in [1.54, 1.807) is 6.20 Å². The van der Waals surface area contributed by atoms with Gasteiger partial charge < -0.3 is 10.3 Å². The van der Waals surface area contributed by atoms with Gasteiger partial charge in [0.05, 0.1) is 0 Å². The van der Waals surface area contributed by atoms with Crippen LogP contribution in [-0.2, 0) is 13.5 Å². The lowest BCUT2D eigenvalue weighted by atomic mass is 10.1. The highest BCUT2D eigenvalue weighted by molar-refractivity contribution is 7.99. The Balaban J connectivity index is 2.23. The number of aryl methyl sites for hydroxylation is 1. The fourth-order valence-electron chi connectivity index (χ4n) is 1.55. The van der Waals surface area contributed by atoms with E-state index in [1.165, 1.54) is 23.9 Å². The van der Waals surface area contributed by atoms with Gasteiger partial charge in [0, 0.05) is 24.3 Å². The van der Waals surface area contributed by atoms with Crippen molar-refractivity contribution in [3.63, 3.8) is 0 Å². The molecule has 0 aliphatic heterocycles. The van der Waals surface area contributed by atoms with Gasteiger partial charge in [-0.15, -0.1) is 0 Å². The van der Waals surface area contributed by atoms with E-state index in [0.29, 0.717) is 13.0 Å². The summed E-state index contributed by atoms with van der Waals surface area (Å²) in [5.74, 6) is -0.229. The molecule has 0 saturated carbocycles. The molecule has 3 nitrogen and oxygen atoms in total. The molecule has 0 radical (unpaired) electrons. The molecule has 0 atom stereocenters. The maximum atomic E-state index is 13.4. The van der Waals surface area contributed by atoms with E-state index in [4.69, 9.17) is 5.73 Å². The fourth-order valence-corrected chi connectivity index (χ4v) is 2.46. The van der Waals surface area contributed by atoms with Crippen molar-refractivity contribution in [2.75, 3.05) is 6.54 Å². The van der Waals surface area contributed by atoms with Crippen LogP contribution in [0, 0.1) is 5.82 Å². The summed E-state index contributed by atoms with van der Waals surface area (Å²) in [5.41, 5.74) is 6.40. The Morgan fingerprint density at radius 3 is 2.88 bits per heavy atom. The van der Waals surface area contributed by atoms with Crippen molar-refractivity contribution in [3.05, 3.63) is 42.0 Å². The minimum absolute atomic E-state index is 0.229. The molecule has 0 amide bonds. The van der Waals surface area contributed by atoms with E-state index in [2.05, 4.69) is 4.98 Å². The molecule has 0 aliphatic carbocycles. The van der Waals surface area contributed by atoms with Crippen molar-refractivity contribution in [3.8, 4) is 0 Å². The average Bonchev–Trinajstić information content (AvgIpc) is 2.64. The summed E-state index contributed by atoms with van der Waals surface area (Å²) in [4.78, 5) is 5.04. The van der Waals surface area contributed by atoms with E-state index < -0.39 is 0 Å². The summed E-state index contributed by atoms with van der Waals surface area (Å²) >= 11 is 1.45. The van der Waals surface area contributed by atoms with Gasteiger partial charge in [-0.3, -0.25) is 0 Å². The number of hydrogen-bond acceptors (Lipinski definition) is 3. The first kappa shape index (κ1) is 12.1. The molecule has 90 valence electrons. The van der Waals surface area contributed by atoms with Crippen LogP contribution in [0.15, 0.2) is 40.6 Å². The van der Waals surface area contributed by atoms with Gasteiger partial charge in [0.25, 0.3) is 0 Å². The van der Waals surface area contributed by atoms with Crippen molar-refractivity contribution in [2.45, 2.75) is 16.5 Å². The smallest absolute Gasteiger partial charge is 0.172 e. The molecule has 5 heteroatoms. The standard InChI is InChI=1S/C12H14FN3S/c1-16-5-4-15-12(16)17-11-7-9(2-3-14)6-10(13)8-11/h4-8H,2-3,14H2,1H3. The third kappa shape index (κ3) is 3.08. The molecule has 0 aliphatic rings. The summed E-state index contributed by atoms with van der Waals surface area (Å²) in [6.45, 7) is 0.524. The Morgan fingerprint density at radius 2 is 2.24 bits per heavy atom. The number of imidazole rings is 1. The first-order chi connectivity index (χ1) is 8.19. The van der Waals surface area contributed by atoms with Gasteiger partial charge in [-0.25, -0.2) is 9.37 Å². The quantitative estimate of drug-likeness (QED) is 0.906. The first-order valence-corrected chi connectivity index (χ1v) is 6.15. The Hall–Kier alpha value is -1.33. The van der Waals surface area contributed by atoms with Crippen LogP contribution in [0.4, 0.5) is 4.39 Å². The lowest BCUT2D eigenvalue weighted by molar-refractivity contribution is 0.621. The number of halogens is 1. The lowest BCUT2D eigenvalue weighted by Gasteiger charge is -2.05. The number of hydrogen-bond donors (Lipinski definition) is 1. The predicted molar refractivity (Wildman–Crippen MR) is 66.5 cm³/mol. The average molecular weight is 251 g/mol. The van der Waals surface area contributed by atoms with Gasteiger partial charge in [-0.05, 0) is 36.7 Å². The number of rotatable bonds is 4. The minimum Gasteiger partial charge on any atom is -0.330 e. The Morgan fingerprint density at radius 1 is 1.41 bits per heavy atom. The van der Waals surface area contributed by atoms with Crippen LogP contribution >= 0.6 is 11.8 Å². The van der Waals surface area contributed by atoms with Gasteiger partial charge in [-0.2, -0.15) is 0 Å². The second-order valence-corrected chi connectivity index (χ2v) is 4.80. The number of nitrogens with zero attached hydrogens (tertiary/aromatic N) is 2. The molecule has 1 heterocycles. The minimum atomic E-state index is -0.229. The predicted octanol–water partition coefficient (Wildman–Crippen LogP) is 2.21. The normalized spacial score (nSPS) is 10.8. The van der Waals surface area contributed by atoms with Crippen LogP contribution < -0.4 is 5.73 Å². The molecule has 2 aromatic rings. The van der Waals surface area contributed by atoms with Crippen LogP contribution in [0.25, 0.3) is 0 Å². The molecular weight excluding hydrogens is 237 g/mol. The second kappa shape index (κ2) is 5.33. The molecule has 0 saturated heterocycles. The molecule has 0 unspecified atom stereocenters. The Bertz CT molecular complexity index is 510. The molecule has 17 heavy (non-hydrogen) atoms. The molecule has 0 spiro atoms. The third-order valence-corrected chi connectivity index (χ3v) is 3.40. The highest BCUT2D eigenvalue weighted by atomic mass is 32.2. The van der Waals surface area contributed by atoms with Crippen LogP contribution in [0.3, 0.4) is 0 Å². The summed E-state index contributed by atoms with van der Waals surface area (Å²) in [6, 6.07) is 4.99. The maximum absolute atomic E-state index is 13.4. The molecule has 1 aromatic heterocycles. The van der Waals surface area contributed by atoms with Crippen LogP contribution in [0.1, 0.15) is 5.56 Å². The molecule has 0 fully saturated rings. The summed E-state index contributed by atoms with van der Waals surface area (Å²) in [5, 5.41) is 0.842. The zero-order valence-electron chi connectivity index (χ0n) is 9.56. The molecule has 0 bridgehead atoms. The zero-order valence-corrected chi connectivity index (χ0v) is 10.4. The van der Waals surface area contributed by atoms with Gasteiger partial charge in [0.15, 0.2) is 5.16 Å². The molecule has 2 N–H and O–H groups in total. The number of aromatic nitrogens is 2. The van der Waals surface area contributed by atoms with Crippen molar-refractivity contribution in [1.82, 2.24) is 9.55 Å². The molecular formula is C12H14FN3S. The highest BCUT2D eigenvalue weighted by Gasteiger charge is 2.05. The second-order valence-electron chi connectivity index (χ2n) is 3.76. The number of nitrogens with two attached hydrogens (primary N) is 1. The van der Waals surface area contributed by atoms with E-state index in [9.17, 15) is 4.39 Å². The number of benzene rings is 1. The lowest BCUT2D eigenvalue weighted by Crippen LogP contribution is -2.03. The summed E-state index contributed by atoms with van der Waals surface area (Å²) in [6.07, 6.45) is 4.27. The van der Waals surface area contributed by atoms with Gasteiger partial charge in [0.1, 0.15) is 5.82 Å². The van der Waals surface area contributed by atoms with Crippen molar-refractivity contribution in [1.29, 1.82) is 0 Å². The van der Waals surface area contributed by atoms with Gasteiger partial charge in [0.2, 0.25) is 0 Å². The summed E-state index contributed by atoms with van der Waals surface area (Å²) < 4.78 is 15.3. The topological polar surface area (TPSA) is 43.8 Å². The van der Waals surface area contributed by atoms with Crippen molar-refractivity contribution in [2.24, 2.45) is 12.8 Å². The van der Waals surface area contributed by atoms with Crippen LogP contribution in [-0.4, -0.2) is 16.1 Å². The first-order valence-electron chi connectivity index (χ1n) is 5.34. The van der Waals surface area contributed by atoms with E-state index >= 15 is 0 Å². The Kier molecular flexibility index (Phi) is 3.81. The van der Waals surface area contributed by atoms with E-state index in [-0.39, 0.29) is 5.82 Å². The SMILES string of the molecule is Cn1ccnc1Sc1cc(F)cc(CCN)c1. The van der Waals surface area contributed by atoms with Gasteiger partial charge in [-0.1, -0.05) is 11.8 Å². The van der Waals surface area contributed by atoms with Crippen LogP contribution in [0.2, 0.25) is 0 Å². The largest absolute Gasteiger partial charge is 0.330 e. The highest BCUT2D eigenvalue weighted by Crippen LogP contribution is 2.27. The monoisotopic (exact) mass is 251 g/mol. The fraction of sp³-hybridized carbons (Fsp3) is 0.250. The van der Waals surface area contributed by atoms with Crippen molar-refractivity contribution >= 4 is 11.8 Å². The molecule has 1 aromatic carbocycles. The van der Waals surface area contributed by atoms with Gasteiger partial charge >= 0.3 is 0 Å². The third-order valence-electron chi connectivity index (χ3n) is 2.35. The van der Waals surface area contributed by atoms with E-state index in [1.807, 2.05) is 23.9 Å². The van der Waals surface area contributed by atoms with E-state index in [0.717, 1.165) is 15.6 Å². The summed E-state index contributed by atoms with van der Waals surface area (Å²) in [7, 11) is 1.91. The zero-order chi connectivity index (χ0) is 12.3. The Labute approximate surface area is 104 Å². The van der Waals surface area contributed by atoms with Crippen molar-refractivity contribution < 1.29 is 4.39 Å².